The van der Waals surface area contributed by atoms with Gasteiger partial charge in [-0.2, -0.15) is 0 Å². The van der Waals surface area contributed by atoms with Gasteiger partial charge >= 0.3 is 0 Å². The third-order valence-electron chi connectivity index (χ3n) is 2.96. The van der Waals surface area contributed by atoms with Gasteiger partial charge in [0.15, 0.2) is 11.4 Å². The highest BCUT2D eigenvalue weighted by Crippen LogP contribution is 2.30. The molecule has 0 N–H and O–H groups in total. The smallest absolute Gasteiger partial charge is 0.186 e. The van der Waals surface area contributed by atoms with Gasteiger partial charge in [-0.15, -0.1) is 0 Å². The van der Waals surface area contributed by atoms with E-state index in [0.717, 1.165) is 35.0 Å². The van der Waals surface area contributed by atoms with Gasteiger partial charge in [0.2, 0.25) is 0 Å². The minimum absolute atomic E-state index is 0.570. The first-order valence-corrected chi connectivity index (χ1v) is 6.29. The first-order chi connectivity index (χ1) is 7.26. The van der Waals surface area contributed by atoms with E-state index in [0.29, 0.717) is 6.04 Å². The number of carbonyl (C=O) groups is 1. The number of nitrogens with zero attached hydrogens (tertiary/aromatic N) is 2. The third kappa shape index (κ3) is 1.91. The Morgan fingerprint density at radius 1 is 1.67 bits per heavy atom. The van der Waals surface area contributed by atoms with Crippen molar-refractivity contribution in [2.75, 3.05) is 11.4 Å². The normalized spacial score (nSPS) is 20.9. The Labute approximate surface area is 94.1 Å². The number of aldehydes is 1. The molecule has 0 saturated carbocycles. The number of aromatic nitrogens is 1. The molecule has 82 valence electrons. The maximum absolute atomic E-state index is 10.8. The van der Waals surface area contributed by atoms with Gasteiger partial charge in [-0.05, 0) is 26.2 Å². The first-order valence-electron chi connectivity index (χ1n) is 5.47. The summed E-state index contributed by atoms with van der Waals surface area (Å²) < 4.78 is 0. The molecule has 0 amide bonds. The second-order valence-corrected chi connectivity index (χ2v) is 4.97. The van der Waals surface area contributed by atoms with Crippen molar-refractivity contribution in [2.45, 2.75) is 39.2 Å². The van der Waals surface area contributed by atoms with E-state index in [1.165, 1.54) is 24.2 Å². The number of anilines is 1. The zero-order chi connectivity index (χ0) is 10.8. The van der Waals surface area contributed by atoms with Crippen LogP contribution in [0.3, 0.4) is 0 Å². The number of hydrogen-bond donors (Lipinski definition) is 0. The number of carbonyl (C=O) groups excluding carboxylic acids is 1. The monoisotopic (exact) mass is 224 g/mol. The summed E-state index contributed by atoms with van der Waals surface area (Å²) in [4.78, 5) is 18.5. The number of thiazole rings is 1. The van der Waals surface area contributed by atoms with Gasteiger partial charge in [-0.1, -0.05) is 18.3 Å². The number of rotatable bonds is 3. The molecular weight excluding hydrogens is 208 g/mol. The summed E-state index contributed by atoms with van der Waals surface area (Å²) in [5.74, 6) is 0. The van der Waals surface area contributed by atoms with Gasteiger partial charge in [0.25, 0.3) is 0 Å². The van der Waals surface area contributed by atoms with Crippen LogP contribution in [0.5, 0.6) is 0 Å². The van der Waals surface area contributed by atoms with Gasteiger partial charge in [-0.25, -0.2) is 4.98 Å². The predicted octanol–water partition coefficient (Wildman–Crippen LogP) is 2.51. The lowest BCUT2D eigenvalue weighted by molar-refractivity contribution is 0.112. The Morgan fingerprint density at radius 2 is 2.47 bits per heavy atom. The molecule has 1 aromatic rings. The fourth-order valence-corrected chi connectivity index (χ4v) is 3.13. The molecule has 0 aromatic carbocycles. The van der Waals surface area contributed by atoms with E-state index in [1.54, 1.807) is 0 Å². The molecule has 0 spiro atoms. The SMILES string of the molecule is CCc1nc(N2CCCC2C)sc1C=O. The van der Waals surface area contributed by atoms with Gasteiger partial charge < -0.3 is 4.90 Å². The van der Waals surface area contributed by atoms with E-state index >= 15 is 0 Å². The highest BCUT2D eigenvalue weighted by molar-refractivity contribution is 7.17. The van der Waals surface area contributed by atoms with Crippen LogP contribution in [0, 0.1) is 0 Å². The Bertz CT molecular complexity index is 361. The molecule has 1 aliphatic rings. The van der Waals surface area contributed by atoms with E-state index < -0.39 is 0 Å². The second-order valence-electron chi connectivity index (χ2n) is 3.96. The minimum atomic E-state index is 0.570. The van der Waals surface area contributed by atoms with E-state index in [-0.39, 0.29) is 0 Å². The Balaban J connectivity index is 2.28. The fraction of sp³-hybridized carbons (Fsp3) is 0.636. The molecule has 2 heterocycles. The lowest BCUT2D eigenvalue weighted by Crippen LogP contribution is -2.25. The molecular formula is C11H16N2OS. The summed E-state index contributed by atoms with van der Waals surface area (Å²) in [6.07, 6.45) is 4.24. The molecule has 0 aliphatic carbocycles. The zero-order valence-electron chi connectivity index (χ0n) is 9.19. The summed E-state index contributed by atoms with van der Waals surface area (Å²) in [6, 6.07) is 0.570. The van der Waals surface area contributed by atoms with Crippen molar-refractivity contribution in [3.63, 3.8) is 0 Å². The van der Waals surface area contributed by atoms with Crippen molar-refractivity contribution in [1.29, 1.82) is 0 Å². The highest BCUT2D eigenvalue weighted by atomic mass is 32.1. The average Bonchev–Trinajstić information content (AvgIpc) is 2.82. The van der Waals surface area contributed by atoms with Crippen LogP contribution in [-0.2, 0) is 6.42 Å². The standard InChI is InChI=1S/C11H16N2OS/c1-3-9-10(7-14)15-11(12-9)13-6-4-5-8(13)2/h7-8H,3-6H2,1-2H3. The van der Waals surface area contributed by atoms with Crippen LogP contribution >= 0.6 is 11.3 Å². The number of hydrogen-bond acceptors (Lipinski definition) is 4. The van der Waals surface area contributed by atoms with Crippen molar-refractivity contribution in [3.8, 4) is 0 Å². The average molecular weight is 224 g/mol. The molecule has 0 bridgehead atoms. The summed E-state index contributed by atoms with van der Waals surface area (Å²) in [5, 5.41) is 1.03. The summed E-state index contributed by atoms with van der Waals surface area (Å²) >= 11 is 1.53. The Kier molecular flexibility index (Phi) is 3.05. The highest BCUT2D eigenvalue weighted by Gasteiger charge is 2.24. The largest absolute Gasteiger partial charge is 0.345 e. The van der Waals surface area contributed by atoms with E-state index in [1.807, 2.05) is 6.92 Å². The van der Waals surface area contributed by atoms with Crippen LogP contribution in [0.15, 0.2) is 0 Å². The van der Waals surface area contributed by atoms with Gasteiger partial charge in [0.1, 0.15) is 0 Å². The van der Waals surface area contributed by atoms with E-state index in [4.69, 9.17) is 0 Å². The number of aryl methyl sites for hydroxylation is 1. The lowest BCUT2D eigenvalue weighted by Gasteiger charge is -2.19. The molecule has 1 atom stereocenters. The third-order valence-corrected chi connectivity index (χ3v) is 4.02. The first kappa shape index (κ1) is 10.6. The molecule has 1 fully saturated rings. The summed E-state index contributed by atoms with van der Waals surface area (Å²) in [6.45, 7) is 5.34. The Morgan fingerprint density at radius 3 is 2.93 bits per heavy atom. The fourth-order valence-electron chi connectivity index (χ4n) is 2.04. The molecule has 4 heteroatoms. The molecule has 1 aliphatic heterocycles. The van der Waals surface area contributed by atoms with Crippen LogP contribution in [0.25, 0.3) is 0 Å². The lowest BCUT2D eigenvalue weighted by atomic mass is 10.2. The summed E-state index contributed by atoms with van der Waals surface area (Å²) in [5.41, 5.74) is 0.948. The van der Waals surface area contributed by atoms with Gasteiger partial charge in [0, 0.05) is 12.6 Å². The zero-order valence-corrected chi connectivity index (χ0v) is 10.0. The van der Waals surface area contributed by atoms with Gasteiger partial charge in [0.05, 0.1) is 10.6 Å². The molecule has 3 nitrogen and oxygen atoms in total. The molecule has 0 radical (unpaired) electrons. The van der Waals surface area contributed by atoms with Crippen molar-refractivity contribution >= 4 is 22.8 Å². The van der Waals surface area contributed by atoms with Crippen LogP contribution in [0.1, 0.15) is 42.1 Å². The van der Waals surface area contributed by atoms with E-state index in [9.17, 15) is 4.79 Å². The molecule has 1 unspecified atom stereocenters. The van der Waals surface area contributed by atoms with Crippen molar-refractivity contribution in [1.82, 2.24) is 4.98 Å². The molecule has 1 saturated heterocycles. The minimum Gasteiger partial charge on any atom is -0.345 e. The Hall–Kier alpha value is -0.900. The topological polar surface area (TPSA) is 33.2 Å². The molecule has 2 rings (SSSR count). The van der Waals surface area contributed by atoms with Crippen LogP contribution < -0.4 is 4.90 Å². The van der Waals surface area contributed by atoms with Gasteiger partial charge in [-0.3, -0.25) is 4.79 Å². The van der Waals surface area contributed by atoms with Crippen LogP contribution in [-0.4, -0.2) is 23.9 Å². The predicted molar refractivity (Wildman–Crippen MR) is 62.9 cm³/mol. The van der Waals surface area contributed by atoms with Crippen molar-refractivity contribution in [2.24, 2.45) is 0 Å². The summed E-state index contributed by atoms with van der Waals surface area (Å²) in [7, 11) is 0. The van der Waals surface area contributed by atoms with Crippen molar-refractivity contribution in [3.05, 3.63) is 10.6 Å². The maximum atomic E-state index is 10.8. The van der Waals surface area contributed by atoms with Crippen LogP contribution in [0.2, 0.25) is 0 Å². The quantitative estimate of drug-likeness (QED) is 0.740. The molecule has 15 heavy (non-hydrogen) atoms. The van der Waals surface area contributed by atoms with Crippen molar-refractivity contribution < 1.29 is 4.79 Å². The van der Waals surface area contributed by atoms with Crippen LogP contribution in [0.4, 0.5) is 5.13 Å². The second kappa shape index (κ2) is 4.31. The molecule has 1 aromatic heterocycles. The van der Waals surface area contributed by atoms with E-state index in [2.05, 4.69) is 16.8 Å². The maximum Gasteiger partial charge on any atom is 0.186 e.